The SMILES string of the molecule is CC.N#Cc1ccccc1C(=O)N1CCCC(COc2cccc3c2C(N)=NS(=O)N3)C1. The number of ether oxygens (including phenoxy) is 1. The quantitative estimate of drug-likeness (QED) is 0.736. The van der Waals surface area contributed by atoms with Crippen LogP contribution in [0.25, 0.3) is 0 Å². The van der Waals surface area contributed by atoms with Crippen LogP contribution < -0.4 is 15.2 Å². The average Bonchev–Trinajstić information content (AvgIpc) is 2.83. The molecule has 1 amide bonds. The first-order chi connectivity index (χ1) is 15.6. The van der Waals surface area contributed by atoms with Crippen molar-refractivity contribution in [2.45, 2.75) is 26.7 Å². The molecular formula is C23H27N5O3S. The Morgan fingerprint density at radius 2 is 2.09 bits per heavy atom. The second-order valence-corrected chi connectivity index (χ2v) is 8.12. The number of hydrogen-bond acceptors (Lipinski definition) is 5. The van der Waals surface area contributed by atoms with Crippen LogP contribution in [-0.2, 0) is 11.2 Å². The monoisotopic (exact) mass is 453 g/mol. The van der Waals surface area contributed by atoms with Gasteiger partial charge in [-0.15, -0.1) is 0 Å². The van der Waals surface area contributed by atoms with E-state index < -0.39 is 11.2 Å². The Kier molecular flexibility index (Phi) is 7.84. The van der Waals surface area contributed by atoms with Crippen molar-refractivity contribution in [3.63, 3.8) is 0 Å². The normalized spacial score (nSPS) is 19.3. The fourth-order valence-electron chi connectivity index (χ4n) is 3.78. The third-order valence-corrected chi connectivity index (χ3v) is 5.98. The largest absolute Gasteiger partial charge is 0.492 e. The van der Waals surface area contributed by atoms with Gasteiger partial charge in [-0.3, -0.25) is 9.52 Å². The lowest BCUT2D eigenvalue weighted by atomic mass is 9.97. The third-order valence-electron chi connectivity index (χ3n) is 5.22. The lowest BCUT2D eigenvalue weighted by Gasteiger charge is -2.33. The van der Waals surface area contributed by atoms with Crippen molar-refractivity contribution in [2.75, 3.05) is 24.4 Å². The minimum Gasteiger partial charge on any atom is -0.492 e. The lowest BCUT2D eigenvalue weighted by Crippen LogP contribution is -2.41. The van der Waals surface area contributed by atoms with Gasteiger partial charge in [0.25, 0.3) is 5.91 Å². The van der Waals surface area contributed by atoms with Gasteiger partial charge >= 0.3 is 0 Å². The summed E-state index contributed by atoms with van der Waals surface area (Å²) in [6.07, 6.45) is 1.80. The van der Waals surface area contributed by atoms with Crippen LogP contribution in [0.15, 0.2) is 46.9 Å². The number of nitriles is 1. The number of carbonyl (C=O) groups excluding carboxylic acids is 1. The van der Waals surface area contributed by atoms with Crippen LogP contribution in [-0.4, -0.2) is 40.5 Å². The van der Waals surface area contributed by atoms with Crippen molar-refractivity contribution in [1.82, 2.24) is 4.90 Å². The predicted octanol–water partition coefficient (Wildman–Crippen LogP) is 3.23. The van der Waals surface area contributed by atoms with Gasteiger partial charge in [0.2, 0.25) is 11.2 Å². The van der Waals surface area contributed by atoms with E-state index in [0.717, 1.165) is 12.8 Å². The molecule has 1 fully saturated rings. The van der Waals surface area contributed by atoms with Gasteiger partial charge in [0.15, 0.2) is 0 Å². The average molecular weight is 454 g/mol. The van der Waals surface area contributed by atoms with Gasteiger partial charge in [-0.25, -0.2) is 4.21 Å². The number of rotatable bonds is 4. The Balaban J connectivity index is 0.00000141. The molecule has 1 saturated heterocycles. The number of anilines is 1. The summed E-state index contributed by atoms with van der Waals surface area (Å²) in [5.74, 6) is 0.760. The Hall–Kier alpha value is -3.38. The van der Waals surface area contributed by atoms with E-state index in [4.69, 9.17) is 10.5 Å². The first-order valence-corrected chi connectivity index (χ1v) is 11.7. The number of amides is 1. The maximum Gasteiger partial charge on any atom is 0.255 e. The highest BCUT2D eigenvalue weighted by molar-refractivity contribution is 7.85. The first kappa shape index (κ1) is 23.3. The van der Waals surface area contributed by atoms with E-state index in [9.17, 15) is 14.3 Å². The zero-order chi connectivity index (χ0) is 23.1. The smallest absolute Gasteiger partial charge is 0.255 e. The van der Waals surface area contributed by atoms with Crippen molar-refractivity contribution in [1.29, 1.82) is 5.26 Å². The molecule has 0 saturated carbocycles. The molecule has 0 radical (unpaired) electrons. The maximum atomic E-state index is 12.9. The van der Waals surface area contributed by atoms with Crippen molar-refractivity contribution < 1.29 is 13.7 Å². The van der Waals surface area contributed by atoms with Crippen molar-refractivity contribution >= 4 is 28.6 Å². The second-order valence-electron chi connectivity index (χ2n) is 7.23. The summed E-state index contributed by atoms with van der Waals surface area (Å²) in [6, 6.07) is 14.3. The Morgan fingerprint density at radius 1 is 1.31 bits per heavy atom. The molecule has 2 aromatic rings. The Labute approximate surface area is 190 Å². The van der Waals surface area contributed by atoms with Crippen molar-refractivity contribution in [3.05, 3.63) is 59.2 Å². The molecule has 2 atom stereocenters. The molecule has 0 bridgehead atoms. The fourth-order valence-corrected chi connectivity index (χ4v) is 4.46. The maximum absolute atomic E-state index is 12.9. The summed E-state index contributed by atoms with van der Waals surface area (Å²) in [5, 5.41) is 9.28. The zero-order valence-electron chi connectivity index (χ0n) is 18.2. The number of amidine groups is 1. The molecule has 2 aromatic carbocycles. The summed E-state index contributed by atoms with van der Waals surface area (Å²) in [5.41, 5.74) is 7.99. The molecule has 2 aliphatic rings. The van der Waals surface area contributed by atoms with E-state index in [0.29, 0.717) is 47.8 Å². The van der Waals surface area contributed by atoms with E-state index in [1.807, 2.05) is 13.8 Å². The Bertz CT molecular complexity index is 1080. The summed E-state index contributed by atoms with van der Waals surface area (Å²) >= 11 is -1.59. The Morgan fingerprint density at radius 3 is 2.88 bits per heavy atom. The van der Waals surface area contributed by atoms with Crippen LogP contribution in [0.1, 0.15) is 48.2 Å². The van der Waals surface area contributed by atoms with Gasteiger partial charge in [0, 0.05) is 19.0 Å². The minimum atomic E-state index is -1.59. The molecule has 9 heteroatoms. The molecule has 0 aliphatic carbocycles. The van der Waals surface area contributed by atoms with Crippen LogP contribution in [0.2, 0.25) is 0 Å². The number of fused-ring (bicyclic) bond motifs is 1. The van der Waals surface area contributed by atoms with Crippen molar-refractivity contribution in [2.24, 2.45) is 16.0 Å². The number of hydrogen-bond donors (Lipinski definition) is 2. The molecule has 168 valence electrons. The van der Waals surface area contributed by atoms with Gasteiger partial charge in [0.05, 0.1) is 35.1 Å². The number of carbonyl (C=O) groups is 1. The van der Waals surface area contributed by atoms with Gasteiger partial charge in [-0.1, -0.05) is 32.0 Å². The summed E-state index contributed by atoms with van der Waals surface area (Å²) < 4.78 is 24.3. The molecule has 8 nitrogen and oxygen atoms in total. The number of nitrogens with two attached hydrogens (primary N) is 1. The summed E-state index contributed by atoms with van der Waals surface area (Å²) in [7, 11) is 0. The molecule has 2 unspecified atom stereocenters. The predicted molar refractivity (Wildman–Crippen MR) is 126 cm³/mol. The number of benzene rings is 2. The van der Waals surface area contributed by atoms with E-state index in [1.165, 1.54) is 0 Å². The molecule has 3 N–H and O–H groups in total. The number of nitrogens with zero attached hydrogens (tertiary/aromatic N) is 3. The van der Waals surface area contributed by atoms with Gasteiger partial charge in [-0.05, 0) is 37.1 Å². The van der Waals surface area contributed by atoms with Crippen LogP contribution in [0.5, 0.6) is 5.75 Å². The number of piperidine rings is 1. The van der Waals surface area contributed by atoms with E-state index in [1.54, 1.807) is 47.4 Å². The molecule has 4 rings (SSSR count). The van der Waals surface area contributed by atoms with Crippen LogP contribution in [0.4, 0.5) is 5.69 Å². The molecule has 2 heterocycles. The van der Waals surface area contributed by atoms with E-state index in [-0.39, 0.29) is 17.7 Å². The van der Waals surface area contributed by atoms with E-state index >= 15 is 0 Å². The lowest BCUT2D eigenvalue weighted by molar-refractivity contribution is 0.0633. The molecule has 0 aromatic heterocycles. The topological polar surface area (TPSA) is 121 Å². The second kappa shape index (κ2) is 10.8. The highest BCUT2D eigenvalue weighted by Gasteiger charge is 2.27. The van der Waals surface area contributed by atoms with Crippen LogP contribution in [0, 0.1) is 17.2 Å². The van der Waals surface area contributed by atoms with Gasteiger partial charge < -0.3 is 15.4 Å². The first-order valence-electron chi connectivity index (χ1n) is 10.6. The summed E-state index contributed by atoms with van der Waals surface area (Å²) in [4.78, 5) is 14.7. The van der Waals surface area contributed by atoms with Crippen LogP contribution >= 0.6 is 0 Å². The van der Waals surface area contributed by atoms with Gasteiger partial charge in [-0.2, -0.15) is 9.66 Å². The highest BCUT2D eigenvalue weighted by atomic mass is 32.2. The minimum absolute atomic E-state index is 0.128. The van der Waals surface area contributed by atoms with Gasteiger partial charge in [0.1, 0.15) is 11.6 Å². The van der Waals surface area contributed by atoms with Crippen LogP contribution in [0.3, 0.4) is 0 Å². The van der Waals surface area contributed by atoms with Crippen molar-refractivity contribution in [3.8, 4) is 11.8 Å². The molecule has 32 heavy (non-hydrogen) atoms. The fraction of sp³-hybridized carbons (Fsp3) is 0.348. The number of likely N-dealkylation sites (tertiary alicyclic amines) is 1. The molecule has 0 spiro atoms. The standard InChI is InChI=1S/C21H21N5O3S.C2H6/c22-11-15-6-1-2-7-16(15)21(27)26-10-4-5-14(12-26)13-29-18-9-3-8-17-19(18)20(23)25-30(28)24-17;1-2/h1-3,6-9,14,24H,4-5,10,12-13H2,(H2,23,25);1-2H3. The highest BCUT2D eigenvalue weighted by Crippen LogP contribution is 2.30. The van der Waals surface area contributed by atoms with E-state index in [2.05, 4.69) is 15.2 Å². The zero-order valence-corrected chi connectivity index (χ0v) is 19.0. The third kappa shape index (κ3) is 5.08. The molecule has 2 aliphatic heterocycles. The number of nitrogens with one attached hydrogen (secondary N) is 1. The summed E-state index contributed by atoms with van der Waals surface area (Å²) in [6.45, 7) is 5.63. The molecular weight excluding hydrogens is 426 g/mol.